The van der Waals surface area contributed by atoms with Crippen molar-refractivity contribution in [2.24, 2.45) is 10.2 Å². The first kappa shape index (κ1) is 22.9. The molecule has 2 N–H and O–H groups in total. The molecule has 0 saturated carbocycles. The Bertz CT molecular complexity index is 1220. The van der Waals surface area contributed by atoms with Gasteiger partial charge in [0, 0.05) is 24.4 Å². The number of hydrogen-bond donors (Lipinski definition) is 1. The zero-order valence-electron chi connectivity index (χ0n) is 18.5. The van der Waals surface area contributed by atoms with Crippen LogP contribution < -0.4 is 25.0 Å². The maximum Gasteiger partial charge on any atom is 0.387 e. The number of anilines is 4. The number of nitrogens with zero attached hydrogens (tertiary/aromatic N) is 5. The lowest BCUT2D eigenvalue weighted by Gasteiger charge is -2.36. The molecule has 4 rings (SSSR count). The number of rotatable bonds is 7. The van der Waals surface area contributed by atoms with E-state index in [9.17, 15) is 13.6 Å². The summed E-state index contributed by atoms with van der Waals surface area (Å²) in [6, 6.07) is 13.9. The lowest BCUT2D eigenvalue weighted by Crippen LogP contribution is -2.45. The van der Waals surface area contributed by atoms with Gasteiger partial charge >= 0.3 is 12.6 Å². The first-order valence-corrected chi connectivity index (χ1v) is 10.4. The number of carbonyl (C=O) groups is 1. The van der Waals surface area contributed by atoms with E-state index in [-0.39, 0.29) is 12.3 Å². The summed E-state index contributed by atoms with van der Waals surface area (Å²) in [7, 11) is 1.53. The van der Waals surface area contributed by atoms with Crippen LogP contribution in [0.3, 0.4) is 0 Å². The van der Waals surface area contributed by atoms with Crippen molar-refractivity contribution in [3.05, 3.63) is 60.2 Å². The lowest BCUT2D eigenvalue weighted by atomic mass is 10.1. The third-order valence-corrected chi connectivity index (χ3v) is 5.04. The number of alkyl halides is 2. The zero-order chi connectivity index (χ0) is 24.2. The van der Waals surface area contributed by atoms with Crippen LogP contribution in [0.25, 0.3) is 0 Å². The Labute approximate surface area is 194 Å². The van der Waals surface area contributed by atoms with E-state index in [1.807, 2.05) is 13.0 Å². The number of ether oxygens (including phenoxy) is 2. The van der Waals surface area contributed by atoms with Gasteiger partial charge in [0.15, 0.2) is 0 Å². The van der Waals surface area contributed by atoms with Gasteiger partial charge in [-0.15, -0.1) is 0 Å². The van der Waals surface area contributed by atoms with Crippen LogP contribution >= 0.6 is 0 Å². The van der Waals surface area contributed by atoms with E-state index in [1.54, 1.807) is 29.2 Å². The second kappa shape index (κ2) is 9.69. The monoisotopic (exact) mass is 468 g/mol. The quantitative estimate of drug-likeness (QED) is 0.356. The molecule has 2 aromatic carbocycles. The summed E-state index contributed by atoms with van der Waals surface area (Å²) < 4.78 is 35.1. The van der Waals surface area contributed by atoms with Gasteiger partial charge in [-0.2, -0.15) is 24.0 Å². The molecule has 0 radical (unpaired) electrons. The van der Waals surface area contributed by atoms with Gasteiger partial charge in [-0.3, -0.25) is 4.90 Å². The normalized spacial score (nSPS) is 13.5. The van der Waals surface area contributed by atoms with Gasteiger partial charge in [0.1, 0.15) is 17.3 Å². The average Bonchev–Trinajstić information content (AvgIpc) is 2.81. The smallest absolute Gasteiger partial charge is 0.387 e. The van der Waals surface area contributed by atoms with Crippen molar-refractivity contribution < 1.29 is 23.0 Å². The van der Waals surface area contributed by atoms with Gasteiger partial charge in [-0.05, 0) is 55.5 Å². The summed E-state index contributed by atoms with van der Waals surface area (Å²) in [5.41, 5.74) is 8.56. The van der Waals surface area contributed by atoms with Crippen molar-refractivity contribution in [1.29, 1.82) is 0 Å². The molecular weight excluding hydrogens is 446 g/mol. The molecule has 11 heteroatoms. The molecule has 2 amide bonds. The number of halogens is 2. The number of fused-ring (bicyclic) bond motifs is 1. The number of nitrogen functional groups attached to an aromatic ring is 1. The van der Waals surface area contributed by atoms with Crippen molar-refractivity contribution in [3.8, 4) is 11.6 Å². The number of benzene rings is 2. The van der Waals surface area contributed by atoms with Crippen LogP contribution in [0.4, 0.5) is 42.1 Å². The Morgan fingerprint density at radius 2 is 1.85 bits per heavy atom. The third-order valence-electron chi connectivity index (χ3n) is 5.04. The van der Waals surface area contributed by atoms with E-state index < -0.39 is 12.6 Å². The lowest BCUT2D eigenvalue weighted by molar-refractivity contribution is -0.0498. The Morgan fingerprint density at radius 3 is 2.53 bits per heavy atom. The van der Waals surface area contributed by atoms with E-state index in [4.69, 9.17) is 10.5 Å². The molecule has 0 atom stereocenters. The average molecular weight is 468 g/mol. The van der Waals surface area contributed by atoms with Crippen molar-refractivity contribution in [2.75, 3.05) is 29.2 Å². The molecule has 1 aliphatic rings. The van der Waals surface area contributed by atoms with E-state index >= 15 is 0 Å². The van der Waals surface area contributed by atoms with Crippen LogP contribution in [0.1, 0.15) is 12.5 Å². The Morgan fingerprint density at radius 1 is 1.12 bits per heavy atom. The summed E-state index contributed by atoms with van der Waals surface area (Å²) in [6.07, 6.45) is 0. The SMILES string of the molecule is CCOc1ccc2c(n1)N(c1ccc(OC(F)F)cc1)C(=O)N(c1ccc(N)c(N=NC)c1)C2. The first-order chi connectivity index (χ1) is 16.4. The molecule has 3 aromatic rings. The van der Waals surface area contributed by atoms with Crippen LogP contribution in [0.15, 0.2) is 64.8 Å². The van der Waals surface area contributed by atoms with E-state index in [0.717, 1.165) is 5.56 Å². The number of azo groups is 1. The fourth-order valence-corrected chi connectivity index (χ4v) is 3.56. The van der Waals surface area contributed by atoms with Crippen LogP contribution in [0, 0.1) is 0 Å². The number of carbonyl (C=O) groups excluding carboxylic acids is 1. The standard InChI is InChI=1S/C23H22F2N6O3/c1-3-33-20-11-4-14-13-30(16-7-10-18(26)19(12-16)29-27-2)23(32)31(21(14)28-20)15-5-8-17(9-6-15)34-22(24)25/h4-12,22H,3,13,26H2,1-2H3. The van der Waals surface area contributed by atoms with Gasteiger partial charge in [0.2, 0.25) is 5.88 Å². The summed E-state index contributed by atoms with van der Waals surface area (Å²) >= 11 is 0. The Balaban J connectivity index is 1.79. The van der Waals surface area contributed by atoms with Gasteiger partial charge < -0.3 is 15.2 Å². The number of nitrogens with two attached hydrogens (primary N) is 1. The molecule has 34 heavy (non-hydrogen) atoms. The van der Waals surface area contributed by atoms with Crippen LogP contribution in [-0.2, 0) is 6.54 Å². The third kappa shape index (κ3) is 4.58. The first-order valence-electron chi connectivity index (χ1n) is 10.4. The molecule has 2 heterocycles. The predicted octanol–water partition coefficient (Wildman–Crippen LogP) is 5.66. The van der Waals surface area contributed by atoms with Gasteiger partial charge in [0.05, 0.1) is 24.5 Å². The van der Waals surface area contributed by atoms with Crippen molar-refractivity contribution in [1.82, 2.24) is 4.98 Å². The molecule has 0 bridgehead atoms. The van der Waals surface area contributed by atoms with Crippen LogP contribution in [0.2, 0.25) is 0 Å². The molecule has 0 unspecified atom stereocenters. The fraction of sp³-hybridized carbons (Fsp3) is 0.217. The summed E-state index contributed by atoms with van der Waals surface area (Å²) in [5.74, 6) is 0.728. The number of amides is 2. The minimum atomic E-state index is -2.95. The van der Waals surface area contributed by atoms with Crippen LogP contribution in [0.5, 0.6) is 11.6 Å². The highest BCUT2D eigenvalue weighted by Gasteiger charge is 2.34. The Kier molecular flexibility index (Phi) is 6.53. The number of urea groups is 1. The van der Waals surface area contributed by atoms with Gasteiger partial charge in [-0.1, -0.05) is 0 Å². The van der Waals surface area contributed by atoms with Gasteiger partial charge in [-0.25, -0.2) is 9.69 Å². The molecule has 176 valence electrons. The topological polar surface area (TPSA) is 106 Å². The van der Waals surface area contributed by atoms with Gasteiger partial charge in [0.25, 0.3) is 0 Å². The predicted molar refractivity (Wildman–Crippen MR) is 123 cm³/mol. The van der Waals surface area contributed by atoms with E-state index in [2.05, 4.69) is 19.9 Å². The summed E-state index contributed by atoms with van der Waals surface area (Å²) in [5, 5.41) is 7.79. The van der Waals surface area contributed by atoms with Crippen molar-refractivity contribution in [2.45, 2.75) is 20.1 Å². The number of aromatic nitrogens is 1. The molecular formula is C23H22F2N6O3. The minimum Gasteiger partial charge on any atom is -0.478 e. The highest BCUT2D eigenvalue weighted by Crippen LogP contribution is 2.39. The molecule has 0 spiro atoms. The maximum absolute atomic E-state index is 13.7. The Hall–Kier alpha value is -4.28. The highest BCUT2D eigenvalue weighted by molar-refractivity contribution is 6.10. The molecule has 0 fully saturated rings. The summed E-state index contributed by atoms with van der Waals surface area (Å²) in [4.78, 5) is 21.2. The second-order valence-corrected chi connectivity index (χ2v) is 7.18. The molecule has 9 nitrogen and oxygen atoms in total. The van der Waals surface area contributed by atoms with E-state index in [0.29, 0.717) is 41.1 Å². The highest BCUT2D eigenvalue weighted by atomic mass is 19.3. The largest absolute Gasteiger partial charge is 0.478 e. The number of pyridine rings is 1. The van der Waals surface area contributed by atoms with Crippen LogP contribution in [-0.4, -0.2) is 31.3 Å². The molecule has 1 aromatic heterocycles. The molecule has 0 aliphatic carbocycles. The molecule has 1 aliphatic heterocycles. The maximum atomic E-state index is 13.7. The second-order valence-electron chi connectivity index (χ2n) is 7.18. The fourth-order valence-electron chi connectivity index (χ4n) is 3.56. The number of hydrogen-bond acceptors (Lipinski definition) is 7. The van der Waals surface area contributed by atoms with E-state index in [1.165, 1.54) is 36.2 Å². The minimum absolute atomic E-state index is 0.0237. The van der Waals surface area contributed by atoms with Crippen molar-refractivity contribution >= 4 is 34.6 Å². The molecule has 0 saturated heterocycles. The summed E-state index contributed by atoms with van der Waals surface area (Å²) in [6.45, 7) is -0.469. The zero-order valence-corrected chi connectivity index (χ0v) is 18.5. The van der Waals surface area contributed by atoms with Crippen molar-refractivity contribution in [3.63, 3.8) is 0 Å².